The number of hydrogen-bond acceptors (Lipinski definition) is 4. The third-order valence-corrected chi connectivity index (χ3v) is 4.41. The highest BCUT2D eigenvalue weighted by molar-refractivity contribution is 8.15. The summed E-state index contributed by atoms with van der Waals surface area (Å²) in [6, 6.07) is 5.86. The fraction of sp³-hybridized carbons (Fsp3) is 0.471. The van der Waals surface area contributed by atoms with Crippen LogP contribution in [0.2, 0.25) is 0 Å². The molecule has 1 saturated heterocycles. The predicted octanol–water partition coefficient (Wildman–Crippen LogP) is 3.02. The zero-order chi connectivity index (χ0) is 17.2. The zero-order valence-electron chi connectivity index (χ0n) is 14.2. The summed E-state index contributed by atoms with van der Waals surface area (Å²) in [7, 11) is 0. The summed E-state index contributed by atoms with van der Waals surface area (Å²) in [6.07, 6.45) is 0.132. The fourth-order valence-electron chi connectivity index (χ4n) is 2.27. The molecule has 23 heavy (non-hydrogen) atoms. The summed E-state index contributed by atoms with van der Waals surface area (Å²) in [5.74, 6) is -0.318. The van der Waals surface area contributed by atoms with Crippen molar-refractivity contribution >= 4 is 34.4 Å². The first-order valence-electron chi connectivity index (χ1n) is 7.59. The number of thioether (sulfide) groups is 1. The van der Waals surface area contributed by atoms with Crippen molar-refractivity contribution in [3.8, 4) is 0 Å². The average Bonchev–Trinajstić information content (AvgIpc) is 2.72. The molecule has 1 fully saturated rings. The van der Waals surface area contributed by atoms with Gasteiger partial charge in [-0.2, -0.15) is 0 Å². The molecule has 5 nitrogen and oxygen atoms in total. The molecular weight excluding hydrogens is 310 g/mol. The zero-order valence-corrected chi connectivity index (χ0v) is 15.0. The van der Waals surface area contributed by atoms with Crippen molar-refractivity contribution < 1.29 is 9.59 Å². The highest BCUT2D eigenvalue weighted by atomic mass is 32.2. The molecule has 2 N–H and O–H groups in total. The molecular formula is C17H23N3O2S. The number of rotatable bonds is 3. The van der Waals surface area contributed by atoms with E-state index in [2.05, 4.69) is 15.6 Å². The van der Waals surface area contributed by atoms with Gasteiger partial charge in [0, 0.05) is 12.1 Å². The molecule has 1 aromatic rings. The largest absolute Gasteiger partial charge is 0.326 e. The Labute approximate surface area is 141 Å². The summed E-state index contributed by atoms with van der Waals surface area (Å²) in [5.41, 5.74) is 2.59. The molecule has 2 rings (SSSR count). The first-order valence-corrected chi connectivity index (χ1v) is 8.47. The molecule has 1 aromatic carbocycles. The van der Waals surface area contributed by atoms with Crippen molar-refractivity contribution in [2.24, 2.45) is 4.99 Å². The Morgan fingerprint density at radius 1 is 1.30 bits per heavy atom. The molecule has 124 valence electrons. The lowest BCUT2D eigenvalue weighted by atomic mass is 10.1. The van der Waals surface area contributed by atoms with Crippen LogP contribution in [-0.4, -0.2) is 27.8 Å². The third-order valence-electron chi connectivity index (χ3n) is 3.33. The van der Waals surface area contributed by atoms with Crippen LogP contribution < -0.4 is 10.6 Å². The quantitative estimate of drug-likeness (QED) is 0.893. The number of anilines is 1. The number of nitrogens with one attached hydrogen (secondary N) is 2. The van der Waals surface area contributed by atoms with E-state index in [0.29, 0.717) is 5.17 Å². The topological polar surface area (TPSA) is 70.6 Å². The smallest absolute Gasteiger partial charge is 0.240 e. The number of aryl methyl sites for hydroxylation is 2. The molecule has 0 aromatic heterocycles. The molecule has 0 aliphatic carbocycles. The van der Waals surface area contributed by atoms with Crippen molar-refractivity contribution in [3.05, 3.63) is 29.3 Å². The van der Waals surface area contributed by atoms with Crippen molar-refractivity contribution in [1.29, 1.82) is 0 Å². The second kappa shape index (κ2) is 6.74. The monoisotopic (exact) mass is 333 g/mol. The van der Waals surface area contributed by atoms with Crippen LogP contribution in [0.4, 0.5) is 5.69 Å². The van der Waals surface area contributed by atoms with Gasteiger partial charge in [0.05, 0.1) is 5.54 Å². The van der Waals surface area contributed by atoms with Crippen molar-refractivity contribution in [1.82, 2.24) is 5.32 Å². The minimum Gasteiger partial charge on any atom is -0.326 e. The van der Waals surface area contributed by atoms with Gasteiger partial charge in [0.15, 0.2) is 5.17 Å². The van der Waals surface area contributed by atoms with Gasteiger partial charge in [0.1, 0.15) is 5.25 Å². The Kier molecular flexibility index (Phi) is 5.14. The van der Waals surface area contributed by atoms with E-state index >= 15 is 0 Å². The SMILES string of the molecule is Cc1cccc(C)c1NC(=O)C[C@H]1SC(=NC(C)(C)C)NC1=O. The second-order valence-electron chi connectivity index (χ2n) is 6.70. The predicted molar refractivity (Wildman–Crippen MR) is 95.9 cm³/mol. The lowest BCUT2D eigenvalue weighted by Crippen LogP contribution is -2.29. The number of aliphatic imine (C=N–C) groups is 1. The van der Waals surface area contributed by atoms with E-state index in [-0.39, 0.29) is 23.8 Å². The molecule has 1 heterocycles. The van der Waals surface area contributed by atoms with Crippen LogP contribution in [0.15, 0.2) is 23.2 Å². The van der Waals surface area contributed by atoms with E-state index in [0.717, 1.165) is 16.8 Å². The van der Waals surface area contributed by atoms with Crippen LogP contribution >= 0.6 is 11.8 Å². The number of amidine groups is 1. The lowest BCUT2D eigenvalue weighted by molar-refractivity contribution is -0.122. The minimum absolute atomic E-state index is 0.132. The highest BCUT2D eigenvalue weighted by Crippen LogP contribution is 2.26. The number of para-hydroxylation sites is 1. The van der Waals surface area contributed by atoms with E-state index < -0.39 is 5.25 Å². The highest BCUT2D eigenvalue weighted by Gasteiger charge is 2.33. The van der Waals surface area contributed by atoms with Gasteiger partial charge in [0.25, 0.3) is 0 Å². The van der Waals surface area contributed by atoms with E-state index in [4.69, 9.17) is 0 Å². The fourth-order valence-corrected chi connectivity index (χ4v) is 3.42. The Morgan fingerprint density at radius 3 is 2.48 bits per heavy atom. The molecule has 1 aliphatic rings. The van der Waals surface area contributed by atoms with Gasteiger partial charge >= 0.3 is 0 Å². The number of carbonyl (C=O) groups is 2. The number of hydrogen-bond donors (Lipinski definition) is 2. The number of amides is 2. The number of nitrogens with zero attached hydrogens (tertiary/aromatic N) is 1. The summed E-state index contributed by atoms with van der Waals surface area (Å²) in [5, 5.41) is 5.82. The van der Waals surface area contributed by atoms with Crippen LogP contribution in [0, 0.1) is 13.8 Å². The summed E-state index contributed by atoms with van der Waals surface area (Å²) >= 11 is 1.32. The molecule has 6 heteroatoms. The van der Waals surface area contributed by atoms with Crippen molar-refractivity contribution in [2.75, 3.05) is 5.32 Å². The number of carbonyl (C=O) groups excluding carboxylic acids is 2. The van der Waals surface area contributed by atoms with Gasteiger partial charge in [-0.25, -0.2) is 0 Å². The van der Waals surface area contributed by atoms with Gasteiger partial charge in [-0.3, -0.25) is 14.6 Å². The van der Waals surface area contributed by atoms with Crippen LogP contribution in [0.3, 0.4) is 0 Å². The first-order chi connectivity index (χ1) is 10.7. The van der Waals surface area contributed by atoms with Gasteiger partial charge in [-0.05, 0) is 45.7 Å². The minimum atomic E-state index is -0.430. The lowest BCUT2D eigenvalue weighted by Gasteiger charge is -2.13. The van der Waals surface area contributed by atoms with Crippen LogP contribution in [0.1, 0.15) is 38.3 Å². The molecule has 0 radical (unpaired) electrons. The molecule has 0 bridgehead atoms. The summed E-state index contributed by atoms with van der Waals surface area (Å²) in [6.45, 7) is 9.80. The van der Waals surface area contributed by atoms with Crippen LogP contribution in [0.25, 0.3) is 0 Å². The maximum atomic E-state index is 12.3. The summed E-state index contributed by atoms with van der Waals surface area (Å²) < 4.78 is 0. The first kappa shape index (κ1) is 17.5. The number of benzene rings is 1. The molecule has 0 unspecified atom stereocenters. The Morgan fingerprint density at radius 2 is 1.91 bits per heavy atom. The van der Waals surface area contributed by atoms with E-state index in [9.17, 15) is 9.59 Å². The molecule has 1 aliphatic heterocycles. The van der Waals surface area contributed by atoms with Crippen molar-refractivity contribution in [2.45, 2.75) is 51.8 Å². The van der Waals surface area contributed by atoms with Gasteiger partial charge in [-0.15, -0.1) is 0 Å². The van der Waals surface area contributed by atoms with Crippen molar-refractivity contribution in [3.63, 3.8) is 0 Å². The third kappa shape index (κ3) is 4.82. The molecule has 0 saturated carbocycles. The normalized spacial score (nSPS) is 19.8. The standard InChI is InChI=1S/C17H23N3O2S/c1-10-7-6-8-11(2)14(10)18-13(21)9-12-15(22)19-16(23-12)20-17(3,4)5/h6-8,12H,9H2,1-5H3,(H,18,21)(H,19,20,22)/t12-/m1/s1. The Bertz CT molecular complexity index is 642. The van der Waals surface area contributed by atoms with Gasteiger partial charge in [-0.1, -0.05) is 30.0 Å². The van der Waals surface area contributed by atoms with Crippen LogP contribution in [0.5, 0.6) is 0 Å². The maximum Gasteiger partial charge on any atom is 0.240 e. The second-order valence-corrected chi connectivity index (χ2v) is 7.89. The molecule has 0 spiro atoms. The Hall–Kier alpha value is -1.82. The van der Waals surface area contributed by atoms with Gasteiger partial charge in [0.2, 0.25) is 11.8 Å². The average molecular weight is 333 g/mol. The molecule has 1 atom stereocenters. The molecule has 2 amide bonds. The van der Waals surface area contributed by atoms with Crippen LogP contribution in [-0.2, 0) is 9.59 Å². The summed E-state index contributed by atoms with van der Waals surface area (Å²) in [4.78, 5) is 28.7. The van der Waals surface area contributed by atoms with E-state index in [1.54, 1.807) is 0 Å². The van der Waals surface area contributed by atoms with E-state index in [1.807, 2.05) is 52.8 Å². The van der Waals surface area contributed by atoms with Gasteiger partial charge < -0.3 is 10.6 Å². The Balaban J connectivity index is 2.01. The van der Waals surface area contributed by atoms with E-state index in [1.165, 1.54) is 11.8 Å². The maximum absolute atomic E-state index is 12.3.